The van der Waals surface area contributed by atoms with Crippen molar-refractivity contribution < 1.29 is 9.90 Å². The molecule has 0 radical (unpaired) electrons. The van der Waals surface area contributed by atoms with E-state index in [1.54, 1.807) is 24.3 Å². The van der Waals surface area contributed by atoms with E-state index in [0.717, 1.165) is 11.1 Å². The molecule has 0 heterocycles. The fourth-order valence-electron chi connectivity index (χ4n) is 1.86. The van der Waals surface area contributed by atoms with Crippen molar-refractivity contribution in [3.05, 3.63) is 65.2 Å². The number of nitrogens with zero attached hydrogens (tertiary/aromatic N) is 1. The highest BCUT2D eigenvalue weighted by atomic mass is 16.3. The number of hydrogen-bond acceptors (Lipinski definition) is 3. The van der Waals surface area contributed by atoms with Crippen LogP contribution in [-0.2, 0) is 13.2 Å². The van der Waals surface area contributed by atoms with Gasteiger partial charge in [0.25, 0.3) is 0 Å². The number of aliphatic hydroxyl groups excluding tert-OH is 1. The Morgan fingerprint density at radius 1 is 1.14 bits per heavy atom. The van der Waals surface area contributed by atoms with E-state index < -0.39 is 0 Å². The predicted molar refractivity (Wildman–Crippen MR) is 79.4 cm³/mol. The molecule has 0 aliphatic rings. The van der Waals surface area contributed by atoms with Crippen molar-refractivity contribution in [3.63, 3.8) is 0 Å². The summed E-state index contributed by atoms with van der Waals surface area (Å²) in [4.78, 5) is 11.8. The van der Waals surface area contributed by atoms with E-state index in [4.69, 9.17) is 10.4 Å². The summed E-state index contributed by atoms with van der Waals surface area (Å²) < 4.78 is 0. The molecule has 3 N–H and O–H groups in total. The van der Waals surface area contributed by atoms with Crippen molar-refractivity contribution in [2.75, 3.05) is 5.32 Å². The summed E-state index contributed by atoms with van der Waals surface area (Å²) in [7, 11) is 0. The first-order chi connectivity index (χ1) is 10.2. The average molecular weight is 281 g/mol. The lowest BCUT2D eigenvalue weighted by Gasteiger charge is -2.08. The van der Waals surface area contributed by atoms with Crippen molar-refractivity contribution in [1.29, 1.82) is 5.26 Å². The third-order valence-corrected chi connectivity index (χ3v) is 2.88. The van der Waals surface area contributed by atoms with E-state index in [0.29, 0.717) is 17.8 Å². The first kappa shape index (κ1) is 14.6. The van der Waals surface area contributed by atoms with Crippen molar-refractivity contribution >= 4 is 11.7 Å². The lowest BCUT2D eigenvalue weighted by atomic mass is 10.1. The summed E-state index contributed by atoms with van der Waals surface area (Å²) >= 11 is 0. The standard InChI is InChI=1S/C16H15N3O2/c17-9-12-3-2-6-15(8-12)19-16(21)18-10-13-4-1-5-14(7-13)11-20/h1-8,20H,10-11H2,(H2,18,19,21). The van der Waals surface area contributed by atoms with Gasteiger partial charge in [0.2, 0.25) is 0 Å². The molecule has 2 aromatic rings. The average Bonchev–Trinajstić information content (AvgIpc) is 2.53. The number of rotatable bonds is 4. The molecule has 0 aromatic heterocycles. The molecule has 0 fully saturated rings. The third-order valence-electron chi connectivity index (χ3n) is 2.88. The van der Waals surface area contributed by atoms with Gasteiger partial charge in [-0.05, 0) is 29.3 Å². The largest absolute Gasteiger partial charge is 0.392 e. The predicted octanol–water partition coefficient (Wildman–Crippen LogP) is 2.37. The van der Waals surface area contributed by atoms with Crippen LogP contribution in [-0.4, -0.2) is 11.1 Å². The zero-order valence-electron chi connectivity index (χ0n) is 11.3. The molecule has 2 amide bonds. The van der Waals surface area contributed by atoms with E-state index in [1.807, 2.05) is 30.3 Å². The Morgan fingerprint density at radius 3 is 2.67 bits per heavy atom. The molecule has 21 heavy (non-hydrogen) atoms. The van der Waals surface area contributed by atoms with Crippen LogP contribution >= 0.6 is 0 Å². The molecule has 0 atom stereocenters. The minimum absolute atomic E-state index is 0.0268. The van der Waals surface area contributed by atoms with Gasteiger partial charge in [0, 0.05) is 12.2 Å². The van der Waals surface area contributed by atoms with Crippen LogP contribution < -0.4 is 10.6 Å². The number of hydrogen-bond donors (Lipinski definition) is 3. The molecule has 2 aromatic carbocycles. The summed E-state index contributed by atoms with van der Waals surface area (Å²) in [5.41, 5.74) is 2.76. The van der Waals surface area contributed by atoms with E-state index in [-0.39, 0.29) is 12.6 Å². The zero-order chi connectivity index (χ0) is 15.1. The van der Waals surface area contributed by atoms with Gasteiger partial charge < -0.3 is 15.7 Å². The quantitative estimate of drug-likeness (QED) is 0.804. The highest BCUT2D eigenvalue weighted by Gasteiger charge is 2.03. The maximum absolute atomic E-state index is 11.8. The van der Waals surface area contributed by atoms with Gasteiger partial charge in [0.15, 0.2) is 0 Å². The van der Waals surface area contributed by atoms with E-state index in [9.17, 15) is 4.79 Å². The number of aliphatic hydroxyl groups is 1. The lowest BCUT2D eigenvalue weighted by molar-refractivity contribution is 0.251. The molecule has 5 nitrogen and oxygen atoms in total. The second-order valence-electron chi connectivity index (χ2n) is 4.48. The Morgan fingerprint density at radius 2 is 1.90 bits per heavy atom. The van der Waals surface area contributed by atoms with Gasteiger partial charge in [-0.1, -0.05) is 30.3 Å². The molecule has 5 heteroatoms. The monoisotopic (exact) mass is 281 g/mol. The number of nitrogens with one attached hydrogen (secondary N) is 2. The third kappa shape index (κ3) is 4.34. The van der Waals surface area contributed by atoms with Crippen LogP contribution in [0.25, 0.3) is 0 Å². The summed E-state index contributed by atoms with van der Waals surface area (Å²) in [5, 5.41) is 23.2. The van der Waals surface area contributed by atoms with Gasteiger partial charge in [-0.25, -0.2) is 4.79 Å². The number of benzene rings is 2. The molecule has 0 spiro atoms. The number of amides is 2. The smallest absolute Gasteiger partial charge is 0.319 e. The van der Waals surface area contributed by atoms with Crippen LogP contribution in [0, 0.1) is 11.3 Å². The van der Waals surface area contributed by atoms with Gasteiger partial charge in [-0.3, -0.25) is 0 Å². The second kappa shape index (κ2) is 7.08. The molecule has 0 unspecified atom stereocenters. The lowest BCUT2D eigenvalue weighted by Crippen LogP contribution is -2.28. The Bertz CT molecular complexity index is 677. The topological polar surface area (TPSA) is 85.2 Å². The first-order valence-corrected chi connectivity index (χ1v) is 6.45. The Hall–Kier alpha value is -2.84. The van der Waals surface area contributed by atoms with Gasteiger partial charge in [0.1, 0.15) is 0 Å². The number of carbonyl (C=O) groups excluding carboxylic acids is 1. The minimum Gasteiger partial charge on any atom is -0.392 e. The second-order valence-corrected chi connectivity index (χ2v) is 4.48. The van der Waals surface area contributed by atoms with Gasteiger partial charge in [-0.15, -0.1) is 0 Å². The molecule has 2 rings (SSSR count). The van der Waals surface area contributed by atoms with Crippen LogP contribution in [0.4, 0.5) is 10.5 Å². The maximum atomic E-state index is 11.8. The van der Waals surface area contributed by atoms with Crippen molar-refractivity contribution in [2.45, 2.75) is 13.2 Å². The SMILES string of the molecule is N#Cc1cccc(NC(=O)NCc2cccc(CO)c2)c1. The van der Waals surface area contributed by atoms with Crippen molar-refractivity contribution in [2.24, 2.45) is 0 Å². The van der Waals surface area contributed by atoms with E-state index >= 15 is 0 Å². The van der Waals surface area contributed by atoms with Crippen LogP contribution in [0.15, 0.2) is 48.5 Å². The maximum Gasteiger partial charge on any atom is 0.319 e. The molecule has 0 bridgehead atoms. The zero-order valence-corrected chi connectivity index (χ0v) is 11.3. The molecule has 106 valence electrons. The molecule has 0 saturated carbocycles. The van der Waals surface area contributed by atoms with E-state index in [1.165, 1.54) is 0 Å². The summed E-state index contributed by atoms with van der Waals surface area (Å²) in [5.74, 6) is 0. The van der Waals surface area contributed by atoms with Crippen molar-refractivity contribution in [1.82, 2.24) is 5.32 Å². The molecular weight excluding hydrogens is 266 g/mol. The van der Waals surface area contributed by atoms with Crippen LogP contribution in [0.2, 0.25) is 0 Å². The van der Waals surface area contributed by atoms with Gasteiger partial charge in [-0.2, -0.15) is 5.26 Å². The van der Waals surface area contributed by atoms with Gasteiger partial charge >= 0.3 is 6.03 Å². The number of carbonyl (C=O) groups is 1. The fraction of sp³-hybridized carbons (Fsp3) is 0.125. The Kier molecular flexibility index (Phi) is 4.91. The highest BCUT2D eigenvalue weighted by molar-refractivity contribution is 5.89. The summed E-state index contributed by atoms with van der Waals surface area (Å²) in [6, 6.07) is 15.7. The van der Waals surface area contributed by atoms with Crippen LogP contribution in [0.1, 0.15) is 16.7 Å². The van der Waals surface area contributed by atoms with E-state index in [2.05, 4.69) is 10.6 Å². The first-order valence-electron chi connectivity index (χ1n) is 6.45. The van der Waals surface area contributed by atoms with Crippen LogP contribution in [0.3, 0.4) is 0 Å². The molecular formula is C16H15N3O2. The van der Waals surface area contributed by atoms with Gasteiger partial charge in [0.05, 0.1) is 18.2 Å². The summed E-state index contributed by atoms with van der Waals surface area (Å²) in [6.07, 6.45) is 0. The fourth-order valence-corrected chi connectivity index (χ4v) is 1.86. The highest BCUT2D eigenvalue weighted by Crippen LogP contribution is 2.09. The Balaban J connectivity index is 1.91. The number of anilines is 1. The number of nitriles is 1. The molecule has 0 aliphatic carbocycles. The number of urea groups is 1. The summed E-state index contributed by atoms with van der Waals surface area (Å²) in [6.45, 7) is 0.332. The normalized spacial score (nSPS) is 9.71. The minimum atomic E-state index is -0.348. The molecule has 0 saturated heterocycles. The van der Waals surface area contributed by atoms with Crippen LogP contribution in [0.5, 0.6) is 0 Å². The van der Waals surface area contributed by atoms with Crippen molar-refractivity contribution in [3.8, 4) is 6.07 Å². The molecule has 0 aliphatic heterocycles. The Labute approximate surface area is 122 Å².